The van der Waals surface area contributed by atoms with Crippen LogP contribution in [0.15, 0.2) is 11.4 Å². The van der Waals surface area contributed by atoms with Crippen molar-refractivity contribution in [1.82, 2.24) is 9.80 Å². The number of carboxylic acid groups (broad SMARTS) is 1. The maximum absolute atomic E-state index is 10.7. The van der Waals surface area contributed by atoms with Crippen molar-refractivity contribution in [1.29, 1.82) is 0 Å². The van der Waals surface area contributed by atoms with Crippen LogP contribution in [0.25, 0.3) is 0 Å². The molecule has 8 heteroatoms. The average Bonchev–Trinajstić information content (AvgIpc) is 2.73. The van der Waals surface area contributed by atoms with Crippen molar-refractivity contribution in [3.8, 4) is 0 Å². The molecular weight excluding hydrogens is 282 g/mol. The van der Waals surface area contributed by atoms with Crippen molar-refractivity contribution in [3.05, 3.63) is 27.1 Å². The first kappa shape index (κ1) is 14.9. The lowest BCUT2D eigenvalue weighted by molar-refractivity contribution is -0.380. The van der Waals surface area contributed by atoms with E-state index in [0.29, 0.717) is 6.54 Å². The maximum Gasteiger partial charge on any atom is 0.324 e. The molecule has 1 aliphatic heterocycles. The van der Waals surface area contributed by atoms with E-state index in [2.05, 4.69) is 4.90 Å². The fourth-order valence-electron chi connectivity index (χ4n) is 2.33. The first-order valence-corrected chi connectivity index (χ1v) is 7.31. The summed E-state index contributed by atoms with van der Waals surface area (Å²) in [5.74, 6) is -0.799. The zero-order valence-electron chi connectivity index (χ0n) is 11.0. The standard InChI is InChI=1S/C12H17N3O4S/c16-12(17)8-14-3-1-2-13(4-5-14)7-10-6-11(15(18)19)20-9-10/h6,9H,1-5,7-8H2,(H,16,17). The summed E-state index contributed by atoms with van der Waals surface area (Å²) in [5.41, 5.74) is 0.952. The molecule has 1 aliphatic rings. The van der Waals surface area contributed by atoms with Gasteiger partial charge in [-0.15, -0.1) is 0 Å². The quantitative estimate of drug-likeness (QED) is 0.650. The third kappa shape index (κ3) is 4.26. The van der Waals surface area contributed by atoms with E-state index in [1.807, 2.05) is 10.3 Å². The van der Waals surface area contributed by atoms with E-state index in [1.54, 1.807) is 6.07 Å². The third-order valence-electron chi connectivity index (χ3n) is 3.27. The summed E-state index contributed by atoms with van der Waals surface area (Å²) in [7, 11) is 0. The second kappa shape index (κ2) is 6.78. The molecule has 7 nitrogen and oxygen atoms in total. The number of aliphatic carboxylic acids is 1. The van der Waals surface area contributed by atoms with Gasteiger partial charge < -0.3 is 5.11 Å². The highest BCUT2D eigenvalue weighted by atomic mass is 32.1. The molecule has 1 N–H and O–H groups in total. The van der Waals surface area contributed by atoms with Crippen LogP contribution in [0.1, 0.15) is 12.0 Å². The van der Waals surface area contributed by atoms with Crippen LogP contribution in [-0.4, -0.2) is 58.5 Å². The van der Waals surface area contributed by atoms with E-state index < -0.39 is 5.97 Å². The van der Waals surface area contributed by atoms with Crippen LogP contribution in [0.4, 0.5) is 5.00 Å². The summed E-state index contributed by atoms with van der Waals surface area (Å²) < 4.78 is 0. The third-order valence-corrected chi connectivity index (χ3v) is 4.20. The number of carboxylic acids is 1. The predicted molar refractivity (Wildman–Crippen MR) is 74.9 cm³/mol. The van der Waals surface area contributed by atoms with Gasteiger partial charge in [0, 0.05) is 37.6 Å². The lowest BCUT2D eigenvalue weighted by atomic mass is 10.3. The largest absolute Gasteiger partial charge is 0.480 e. The van der Waals surface area contributed by atoms with Crippen molar-refractivity contribution >= 4 is 22.3 Å². The molecule has 0 aliphatic carbocycles. The second-order valence-electron chi connectivity index (χ2n) is 4.85. The summed E-state index contributed by atoms with van der Waals surface area (Å²) >= 11 is 1.15. The lowest BCUT2D eigenvalue weighted by Gasteiger charge is -2.20. The Balaban J connectivity index is 1.87. The fourth-order valence-corrected chi connectivity index (χ4v) is 3.05. The van der Waals surface area contributed by atoms with Crippen molar-refractivity contribution in [2.24, 2.45) is 0 Å². The summed E-state index contributed by atoms with van der Waals surface area (Å²) in [6, 6.07) is 1.62. The number of thiophene rings is 1. The molecule has 0 spiro atoms. The Morgan fingerprint density at radius 1 is 1.35 bits per heavy atom. The van der Waals surface area contributed by atoms with Crippen molar-refractivity contribution < 1.29 is 14.8 Å². The molecule has 0 radical (unpaired) electrons. The molecule has 0 amide bonds. The van der Waals surface area contributed by atoms with E-state index in [0.717, 1.165) is 49.5 Å². The number of carbonyl (C=O) groups is 1. The minimum absolute atomic E-state index is 0.0811. The Morgan fingerprint density at radius 2 is 2.05 bits per heavy atom. The summed E-state index contributed by atoms with van der Waals surface area (Å²) in [5, 5.41) is 21.4. The van der Waals surface area contributed by atoms with E-state index in [4.69, 9.17) is 5.11 Å². The van der Waals surface area contributed by atoms with Gasteiger partial charge in [-0.1, -0.05) is 11.3 Å². The van der Waals surface area contributed by atoms with Crippen LogP contribution in [0.3, 0.4) is 0 Å². The summed E-state index contributed by atoms with van der Waals surface area (Å²) in [6.45, 7) is 3.95. The summed E-state index contributed by atoms with van der Waals surface area (Å²) in [6.07, 6.45) is 0.916. The number of nitrogens with zero attached hydrogens (tertiary/aromatic N) is 3. The van der Waals surface area contributed by atoms with Gasteiger partial charge >= 0.3 is 11.0 Å². The molecule has 0 aromatic carbocycles. The molecule has 2 rings (SSSR count). The first-order valence-electron chi connectivity index (χ1n) is 6.43. The van der Waals surface area contributed by atoms with Gasteiger partial charge in [0.05, 0.1) is 11.5 Å². The van der Waals surface area contributed by atoms with Crippen LogP contribution in [-0.2, 0) is 11.3 Å². The number of hydrogen-bond acceptors (Lipinski definition) is 6. The topological polar surface area (TPSA) is 86.9 Å². The van der Waals surface area contributed by atoms with Crippen LogP contribution < -0.4 is 0 Å². The molecular formula is C12H17N3O4S. The Bertz CT molecular complexity index is 491. The van der Waals surface area contributed by atoms with Crippen LogP contribution >= 0.6 is 11.3 Å². The van der Waals surface area contributed by atoms with Gasteiger partial charge in [0.1, 0.15) is 0 Å². The average molecular weight is 299 g/mol. The zero-order chi connectivity index (χ0) is 14.5. The Labute approximate surface area is 120 Å². The first-order chi connectivity index (χ1) is 9.54. The number of rotatable bonds is 5. The molecule has 1 aromatic heterocycles. The Morgan fingerprint density at radius 3 is 2.70 bits per heavy atom. The SMILES string of the molecule is O=C(O)CN1CCCN(Cc2csc([N+](=O)[O-])c2)CC1. The van der Waals surface area contributed by atoms with Gasteiger partial charge in [-0.3, -0.25) is 24.7 Å². The smallest absolute Gasteiger partial charge is 0.324 e. The normalized spacial score (nSPS) is 17.8. The van der Waals surface area contributed by atoms with Gasteiger partial charge in [0.2, 0.25) is 0 Å². The van der Waals surface area contributed by atoms with Crippen LogP contribution in [0, 0.1) is 10.1 Å². The van der Waals surface area contributed by atoms with Crippen molar-refractivity contribution in [2.75, 3.05) is 32.7 Å². The van der Waals surface area contributed by atoms with Crippen molar-refractivity contribution in [2.45, 2.75) is 13.0 Å². The predicted octanol–water partition coefficient (Wildman–Crippen LogP) is 1.25. The highest BCUT2D eigenvalue weighted by Crippen LogP contribution is 2.23. The van der Waals surface area contributed by atoms with Crippen molar-refractivity contribution in [3.63, 3.8) is 0 Å². The van der Waals surface area contributed by atoms with Gasteiger partial charge in [0.25, 0.3) is 0 Å². The molecule has 1 fully saturated rings. The van der Waals surface area contributed by atoms with Gasteiger partial charge in [-0.05, 0) is 18.5 Å². The lowest BCUT2D eigenvalue weighted by Crippen LogP contribution is -2.33. The highest BCUT2D eigenvalue weighted by Gasteiger charge is 2.18. The number of nitro groups is 1. The second-order valence-corrected chi connectivity index (χ2v) is 5.74. The minimum Gasteiger partial charge on any atom is -0.480 e. The Kier molecular flexibility index (Phi) is 5.05. The van der Waals surface area contributed by atoms with E-state index >= 15 is 0 Å². The summed E-state index contributed by atoms with van der Waals surface area (Å²) in [4.78, 5) is 25.1. The maximum atomic E-state index is 10.7. The molecule has 0 bridgehead atoms. The monoisotopic (exact) mass is 299 g/mol. The van der Waals surface area contributed by atoms with E-state index in [-0.39, 0.29) is 16.5 Å². The molecule has 1 saturated heterocycles. The molecule has 0 atom stereocenters. The minimum atomic E-state index is -0.799. The van der Waals surface area contributed by atoms with Crippen LogP contribution in [0.2, 0.25) is 0 Å². The van der Waals surface area contributed by atoms with Gasteiger partial charge in [-0.25, -0.2) is 0 Å². The molecule has 1 aromatic rings. The highest BCUT2D eigenvalue weighted by molar-refractivity contribution is 7.13. The molecule has 0 saturated carbocycles. The van der Waals surface area contributed by atoms with E-state index in [9.17, 15) is 14.9 Å². The molecule has 110 valence electrons. The zero-order valence-corrected chi connectivity index (χ0v) is 11.8. The molecule has 0 unspecified atom stereocenters. The molecule has 2 heterocycles. The van der Waals surface area contributed by atoms with Gasteiger partial charge in [-0.2, -0.15) is 0 Å². The Hall–Kier alpha value is -1.51. The van der Waals surface area contributed by atoms with Gasteiger partial charge in [0.15, 0.2) is 0 Å². The fraction of sp³-hybridized carbons (Fsp3) is 0.583. The molecule has 20 heavy (non-hydrogen) atoms. The number of hydrogen-bond donors (Lipinski definition) is 1. The van der Waals surface area contributed by atoms with Crippen LogP contribution in [0.5, 0.6) is 0 Å². The van der Waals surface area contributed by atoms with E-state index in [1.165, 1.54) is 0 Å².